The number of hydrogen-bond donors (Lipinski definition) is 1. The molecule has 84 valence electrons. The van der Waals surface area contributed by atoms with Gasteiger partial charge in [-0.2, -0.15) is 0 Å². The summed E-state index contributed by atoms with van der Waals surface area (Å²) in [6.07, 6.45) is 0.907. The zero-order chi connectivity index (χ0) is 10.9. The van der Waals surface area contributed by atoms with Gasteiger partial charge in [-0.05, 0) is 37.6 Å². The summed E-state index contributed by atoms with van der Waals surface area (Å²) in [5.74, 6) is 0.900. The van der Waals surface area contributed by atoms with Gasteiger partial charge in [-0.15, -0.1) is 0 Å². The van der Waals surface area contributed by atoms with E-state index in [9.17, 15) is 0 Å². The first-order valence-electron chi connectivity index (χ1n) is 5.30. The van der Waals surface area contributed by atoms with Crippen molar-refractivity contribution >= 4 is 0 Å². The van der Waals surface area contributed by atoms with E-state index in [0.29, 0.717) is 26.4 Å². The van der Waals surface area contributed by atoms with E-state index in [2.05, 4.69) is 0 Å². The summed E-state index contributed by atoms with van der Waals surface area (Å²) < 4.78 is 10.8. The van der Waals surface area contributed by atoms with Crippen LogP contribution in [0.15, 0.2) is 24.3 Å². The van der Waals surface area contributed by atoms with Crippen molar-refractivity contribution in [3.05, 3.63) is 29.8 Å². The Morgan fingerprint density at radius 2 is 2.07 bits per heavy atom. The van der Waals surface area contributed by atoms with Crippen LogP contribution >= 0.6 is 0 Å². The monoisotopic (exact) mass is 209 g/mol. The average Bonchev–Trinajstić information content (AvgIpc) is 2.23. The normalized spacial score (nSPS) is 10.3. The van der Waals surface area contributed by atoms with Crippen LogP contribution in [0.25, 0.3) is 0 Å². The SMILES string of the molecule is Cc1cccc(OCCOCCCN)c1. The standard InChI is InChI=1S/C12H19NO2/c1-11-4-2-5-12(10-11)15-9-8-14-7-3-6-13/h2,4-5,10H,3,6-9,13H2,1H3. The van der Waals surface area contributed by atoms with Gasteiger partial charge in [0.1, 0.15) is 12.4 Å². The number of ether oxygens (including phenoxy) is 2. The smallest absolute Gasteiger partial charge is 0.119 e. The Morgan fingerprint density at radius 1 is 1.20 bits per heavy atom. The van der Waals surface area contributed by atoms with Crippen LogP contribution in [0.3, 0.4) is 0 Å². The first kappa shape index (κ1) is 12.0. The van der Waals surface area contributed by atoms with Crippen LogP contribution in [0.2, 0.25) is 0 Å². The van der Waals surface area contributed by atoms with Gasteiger partial charge < -0.3 is 15.2 Å². The minimum atomic E-state index is 0.591. The number of nitrogens with two attached hydrogens (primary N) is 1. The summed E-state index contributed by atoms with van der Waals surface area (Å²) in [5.41, 5.74) is 6.54. The number of rotatable bonds is 7. The quantitative estimate of drug-likeness (QED) is 0.696. The van der Waals surface area contributed by atoms with Crippen molar-refractivity contribution in [3.63, 3.8) is 0 Å². The summed E-state index contributed by atoms with van der Waals surface area (Å²) in [7, 11) is 0. The molecule has 0 saturated carbocycles. The maximum absolute atomic E-state index is 5.51. The molecule has 2 N–H and O–H groups in total. The predicted octanol–water partition coefficient (Wildman–Crippen LogP) is 1.74. The molecule has 0 aliphatic rings. The molecule has 0 aliphatic carbocycles. The molecule has 0 radical (unpaired) electrons. The van der Waals surface area contributed by atoms with Crippen molar-refractivity contribution in [2.45, 2.75) is 13.3 Å². The van der Waals surface area contributed by atoms with Crippen molar-refractivity contribution in [1.82, 2.24) is 0 Å². The second-order valence-corrected chi connectivity index (χ2v) is 3.42. The van der Waals surface area contributed by atoms with Crippen molar-refractivity contribution in [2.75, 3.05) is 26.4 Å². The zero-order valence-electron chi connectivity index (χ0n) is 9.24. The first-order valence-corrected chi connectivity index (χ1v) is 5.30. The summed E-state index contributed by atoms with van der Waals surface area (Å²) in [6.45, 7) is 4.65. The second kappa shape index (κ2) is 7.26. The number of aryl methyl sites for hydroxylation is 1. The van der Waals surface area contributed by atoms with Gasteiger partial charge >= 0.3 is 0 Å². The Hall–Kier alpha value is -1.06. The third-order valence-electron chi connectivity index (χ3n) is 1.98. The molecule has 0 atom stereocenters. The maximum atomic E-state index is 5.51. The van der Waals surface area contributed by atoms with Crippen molar-refractivity contribution in [1.29, 1.82) is 0 Å². The lowest BCUT2D eigenvalue weighted by atomic mass is 10.2. The third-order valence-corrected chi connectivity index (χ3v) is 1.98. The Labute approximate surface area is 91.2 Å². The highest BCUT2D eigenvalue weighted by atomic mass is 16.5. The molecule has 0 aliphatic heterocycles. The third kappa shape index (κ3) is 5.40. The molecule has 1 aromatic rings. The van der Waals surface area contributed by atoms with Crippen LogP contribution in [0.1, 0.15) is 12.0 Å². The number of benzene rings is 1. The molecular weight excluding hydrogens is 190 g/mol. The minimum absolute atomic E-state index is 0.591. The number of hydrogen-bond acceptors (Lipinski definition) is 3. The van der Waals surface area contributed by atoms with Gasteiger partial charge in [0.25, 0.3) is 0 Å². The van der Waals surface area contributed by atoms with E-state index in [1.54, 1.807) is 0 Å². The first-order chi connectivity index (χ1) is 7.33. The van der Waals surface area contributed by atoms with Gasteiger partial charge in [0.05, 0.1) is 6.61 Å². The Kier molecular flexibility index (Phi) is 5.81. The summed E-state index contributed by atoms with van der Waals surface area (Å²) in [4.78, 5) is 0. The molecule has 3 heteroatoms. The molecule has 0 fully saturated rings. The van der Waals surface area contributed by atoms with Gasteiger partial charge in [0, 0.05) is 6.61 Å². The fraction of sp³-hybridized carbons (Fsp3) is 0.500. The molecule has 3 nitrogen and oxygen atoms in total. The van der Waals surface area contributed by atoms with Crippen molar-refractivity contribution < 1.29 is 9.47 Å². The van der Waals surface area contributed by atoms with Crippen LogP contribution in [0.4, 0.5) is 0 Å². The van der Waals surface area contributed by atoms with Crippen LogP contribution in [-0.2, 0) is 4.74 Å². The van der Waals surface area contributed by atoms with E-state index >= 15 is 0 Å². The van der Waals surface area contributed by atoms with E-state index in [-0.39, 0.29) is 0 Å². The van der Waals surface area contributed by atoms with Gasteiger partial charge in [0.2, 0.25) is 0 Å². The van der Waals surface area contributed by atoms with Crippen molar-refractivity contribution in [3.8, 4) is 5.75 Å². The van der Waals surface area contributed by atoms with Gasteiger partial charge in [-0.1, -0.05) is 12.1 Å². The van der Waals surface area contributed by atoms with E-state index < -0.39 is 0 Å². The van der Waals surface area contributed by atoms with Gasteiger partial charge in [-0.3, -0.25) is 0 Å². The lowest BCUT2D eigenvalue weighted by molar-refractivity contribution is 0.0994. The lowest BCUT2D eigenvalue weighted by Gasteiger charge is -2.07. The highest BCUT2D eigenvalue weighted by molar-refractivity contribution is 5.27. The van der Waals surface area contributed by atoms with Gasteiger partial charge in [-0.25, -0.2) is 0 Å². The topological polar surface area (TPSA) is 44.5 Å². The average molecular weight is 209 g/mol. The molecule has 0 saturated heterocycles. The summed E-state index contributed by atoms with van der Waals surface area (Å²) in [5, 5.41) is 0. The highest BCUT2D eigenvalue weighted by Crippen LogP contribution is 2.11. The predicted molar refractivity (Wildman–Crippen MR) is 61.2 cm³/mol. The van der Waals surface area contributed by atoms with E-state index in [0.717, 1.165) is 12.2 Å². The second-order valence-electron chi connectivity index (χ2n) is 3.42. The fourth-order valence-corrected chi connectivity index (χ4v) is 1.21. The Morgan fingerprint density at radius 3 is 2.80 bits per heavy atom. The minimum Gasteiger partial charge on any atom is -0.491 e. The maximum Gasteiger partial charge on any atom is 0.119 e. The molecule has 15 heavy (non-hydrogen) atoms. The van der Waals surface area contributed by atoms with E-state index in [4.69, 9.17) is 15.2 Å². The molecule has 1 rings (SSSR count). The van der Waals surface area contributed by atoms with E-state index in [1.807, 2.05) is 31.2 Å². The molecule has 1 aromatic carbocycles. The van der Waals surface area contributed by atoms with Crippen molar-refractivity contribution in [2.24, 2.45) is 5.73 Å². The summed E-state index contributed by atoms with van der Waals surface area (Å²) >= 11 is 0. The molecule has 0 bridgehead atoms. The zero-order valence-corrected chi connectivity index (χ0v) is 9.24. The van der Waals surface area contributed by atoms with Crippen LogP contribution in [-0.4, -0.2) is 26.4 Å². The largest absolute Gasteiger partial charge is 0.491 e. The lowest BCUT2D eigenvalue weighted by Crippen LogP contribution is -2.10. The van der Waals surface area contributed by atoms with Crippen LogP contribution in [0, 0.1) is 6.92 Å². The molecule has 0 amide bonds. The molecule has 0 spiro atoms. The Bertz CT molecular complexity index is 276. The van der Waals surface area contributed by atoms with Crippen LogP contribution < -0.4 is 10.5 Å². The fourth-order valence-electron chi connectivity index (χ4n) is 1.21. The highest BCUT2D eigenvalue weighted by Gasteiger charge is 1.93. The molecule has 0 heterocycles. The van der Waals surface area contributed by atoms with Gasteiger partial charge in [0.15, 0.2) is 0 Å². The molecular formula is C12H19NO2. The molecule has 0 aromatic heterocycles. The summed E-state index contributed by atoms with van der Waals surface area (Å²) in [6, 6.07) is 8.00. The van der Waals surface area contributed by atoms with E-state index in [1.165, 1.54) is 5.56 Å². The molecule has 0 unspecified atom stereocenters. The van der Waals surface area contributed by atoms with Crippen LogP contribution in [0.5, 0.6) is 5.75 Å². The Balaban J connectivity index is 2.10.